The van der Waals surface area contributed by atoms with Crippen molar-refractivity contribution < 1.29 is 4.74 Å². The number of thiazole rings is 1. The van der Waals surface area contributed by atoms with Crippen LogP contribution in [0.4, 0.5) is 0 Å². The number of hydrogen-bond acceptors (Lipinski definition) is 3. The number of unbranched alkanes of at least 4 members (excludes halogenated alkanes) is 2. The molecule has 80 valence electrons. The highest BCUT2D eigenvalue weighted by molar-refractivity contribution is 7.16. The third-order valence-electron chi connectivity index (χ3n) is 2.32. The zero-order valence-electron chi connectivity index (χ0n) is 8.90. The molecule has 0 aliphatic carbocycles. The van der Waals surface area contributed by atoms with Gasteiger partial charge in [0.25, 0.3) is 0 Å². The Labute approximate surface area is 93.9 Å². The maximum absolute atomic E-state index is 5.66. The van der Waals surface area contributed by atoms with E-state index in [9.17, 15) is 0 Å². The van der Waals surface area contributed by atoms with Crippen molar-refractivity contribution in [3.05, 3.63) is 23.7 Å². The number of rotatable bonds is 5. The van der Waals surface area contributed by atoms with Crippen molar-refractivity contribution in [1.82, 2.24) is 4.98 Å². The topological polar surface area (TPSA) is 22.1 Å². The molecule has 0 aliphatic rings. The number of benzene rings is 1. The zero-order valence-corrected chi connectivity index (χ0v) is 9.72. The zero-order chi connectivity index (χ0) is 10.5. The number of fused-ring (bicyclic) bond motifs is 1. The smallest absolute Gasteiger partial charge is 0.120 e. The average Bonchev–Trinajstić information content (AvgIpc) is 2.71. The Morgan fingerprint density at radius 3 is 3.13 bits per heavy atom. The Kier molecular flexibility index (Phi) is 3.56. The Morgan fingerprint density at radius 1 is 1.33 bits per heavy atom. The fourth-order valence-electron chi connectivity index (χ4n) is 1.47. The van der Waals surface area contributed by atoms with Crippen LogP contribution in [-0.2, 0) is 0 Å². The predicted octanol–water partition coefficient (Wildman–Crippen LogP) is 3.87. The van der Waals surface area contributed by atoms with Crippen LogP contribution in [0.15, 0.2) is 23.7 Å². The lowest BCUT2D eigenvalue weighted by Crippen LogP contribution is -1.96. The van der Waals surface area contributed by atoms with Crippen LogP contribution in [0.25, 0.3) is 10.2 Å². The van der Waals surface area contributed by atoms with Crippen LogP contribution in [0, 0.1) is 0 Å². The Morgan fingerprint density at radius 2 is 2.27 bits per heavy atom. The summed E-state index contributed by atoms with van der Waals surface area (Å²) < 4.78 is 6.86. The van der Waals surface area contributed by atoms with E-state index in [2.05, 4.69) is 18.0 Å². The Bertz CT molecular complexity index is 424. The summed E-state index contributed by atoms with van der Waals surface area (Å²) in [4.78, 5) is 4.23. The number of nitrogens with zero attached hydrogens (tertiary/aromatic N) is 1. The monoisotopic (exact) mass is 221 g/mol. The van der Waals surface area contributed by atoms with Crippen molar-refractivity contribution in [1.29, 1.82) is 0 Å². The van der Waals surface area contributed by atoms with Crippen LogP contribution in [0.5, 0.6) is 5.75 Å². The molecule has 1 aromatic heterocycles. The van der Waals surface area contributed by atoms with E-state index in [0.717, 1.165) is 24.3 Å². The first-order valence-corrected chi connectivity index (χ1v) is 6.24. The van der Waals surface area contributed by atoms with Crippen LogP contribution >= 0.6 is 11.3 Å². The summed E-state index contributed by atoms with van der Waals surface area (Å²) in [5.74, 6) is 0.961. The van der Waals surface area contributed by atoms with E-state index in [1.54, 1.807) is 11.3 Å². The Hall–Kier alpha value is -1.09. The van der Waals surface area contributed by atoms with Gasteiger partial charge in [-0.1, -0.05) is 19.8 Å². The molecule has 1 heterocycles. The standard InChI is InChI=1S/C12H15NOS/c1-2-3-4-7-14-10-5-6-11-12(8-10)15-9-13-11/h5-6,8-9H,2-4,7H2,1H3. The van der Waals surface area contributed by atoms with Crippen LogP contribution in [-0.4, -0.2) is 11.6 Å². The van der Waals surface area contributed by atoms with Gasteiger partial charge in [-0.2, -0.15) is 0 Å². The predicted molar refractivity (Wildman–Crippen MR) is 64.6 cm³/mol. The maximum atomic E-state index is 5.66. The molecule has 0 aliphatic heterocycles. The third-order valence-corrected chi connectivity index (χ3v) is 3.11. The normalized spacial score (nSPS) is 10.7. The molecule has 0 bridgehead atoms. The van der Waals surface area contributed by atoms with Crippen molar-refractivity contribution in [3.63, 3.8) is 0 Å². The average molecular weight is 221 g/mol. The summed E-state index contributed by atoms with van der Waals surface area (Å²) in [6.45, 7) is 3.02. The van der Waals surface area contributed by atoms with Gasteiger partial charge in [-0.3, -0.25) is 0 Å². The molecular weight excluding hydrogens is 206 g/mol. The molecule has 1 aromatic carbocycles. The molecule has 0 atom stereocenters. The fourth-order valence-corrected chi connectivity index (χ4v) is 2.17. The number of ether oxygens (including phenoxy) is 1. The summed E-state index contributed by atoms with van der Waals surface area (Å²) >= 11 is 1.65. The summed E-state index contributed by atoms with van der Waals surface area (Å²) in [5.41, 5.74) is 2.92. The van der Waals surface area contributed by atoms with Gasteiger partial charge in [0.2, 0.25) is 0 Å². The van der Waals surface area contributed by atoms with Gasteiger partial charge in [0, 0.05) is 0 Å². The minimum atomic E-state index is 0.818. The SMILES string of the molecule is CCCCCOc1ccc2ncsc2c1. The molecule has 0 radical (unpaired) electrons. The molecule has 2 rings (SSSR count). The van der Waals surface area contributed by atoms with Crippen molar-refractivity contribution in [2.24, 2.45) is 0 Å². The molecule has 0 unspecified atom stereocenters. The lowest BCUT2D eigenvalue weighted by Gasteiger charge is -2.04. The van der Waals surface area contributed by atoms with E-state index in [-0.39, 0.29) is 0 Å². The second kappa shape index (κ2) is 5.12. The second-order valence-electron chi connectivity index (χ2n) is 3.54. The fraction of sp³-hybridized carbons (Fsp3) is 0.417. The third kappa shape index (κ3) is 2.69. The summed E-state index contributed by atoms with van der Waals surface area (Å²) in [6, 6.07) is 6.08. The van der Waals surface area contributed by atoms with E-state index in [1.165, 1.54) is 17.5 Å². The van der Waals surface area contributed by atoms with E-state index < -0.39 is 0 Å². The van der Waals surface area contributed by atoms with E-state index in [1.807, 2.05) is 17.6 Å². The number of aromatic nitrogens is 1. The second-order valence-corrected chi connectivity index (χ2v) is 4.42. The van der Waals surface area contributed by atoms with Crippen LogP contribution in [0.2, 0.25) is 0 Å². The molecule has 2 aromatic rings. The van der Waals surface area contributed by atoms with Crippen LogP contribution in [0.3, 0.4) is 0 Å². The highest BCUT2D eigenvalue weighted by Gasteiger charge is 1.99. The molecule has 0 saturated carbocycles. The largest absolute Gasteiger partial charge is 0.494 e. The van der Waals surface area contributed by atoms with Crippen LogP contribution < -0.4 is 4.74 Å². The van der Waals surface area contributed by atoms with E-state index >= 15 is 0 Å². The lowest BCUT2D eigenvalue weighted by atomic mass is 10.3. The van der Waals surface area contributed by atoms with E-state index in [0.29, 0.717) is 0 Å². The van der Waals surface area contributed by atoms with Crippen molar-refractivity contribution in [2.45, 2.75) is 26.2 Å². The molecule has 2 nitrogen and oxygen atoms in total. The van der Waals surface area contributed by atoms with Gasteiger partial charge in [-0.05, 0) is 24.6 Å². The van der Waals surface area contributed by atoms with Crippen molar-refractivity contribution >= 4 is 21.6 Å². The first kappa shape index (κ1) is 10.4. The lowest BCUT2D eigenvalue weighted by molar-refractivity contribution is 0.306. The summed E-state index contributed by atoms with van der Waals surface area (Å²) in [5, 5.41) is 0. The molecule has 0 fully saturated rings. The van der Waals surface area contributed by atoms with Gasteiger partial charge in [-0.25, -0.2) is 4.98 Å². The van der Waals surface area contributed by atoms with Crippen LogP contribution in [0.1, 0.15) is 26.2 Å². The van der Waals surface area contributed by atoms with Gasteiger partial charge in [0.15, 0.2) is 0 Å². The summed E-state index contributed by atoms with van der Waals surface area (Å²) in [6.07, 6.45) is 3.61. The first-order valence-electron chi connectivity index (χ1n) is 5.36. The first-order chi connectivity index (χ1) is 7.40. The van der Waals surface area contributed by atoms with E-state index in [4.69, 9.17) is 4.74 Å². The van der Waals surface area contributed by atoms with Gasteiger partial charge >= 0.3 is 0 Å². The number of hydrogen-bond donors (Lipinski definition) is 0. The maximum Gasteiger partial charge on any atom is 0.120 e. The highest BCUT2D eigenvalue weighted by Crippen LogP contribution is 2.23. The highest BCUT2D eigenvalue weighted by atomic mass is 32.1. The molecule has 0 amide bonds. The minimum absolute atomic E-state index is 0.818. The molecule has 3 heteroatoms. The van der Waals surface area contributed by atoms with Gasteiger partial charge in [0.1, 0.15) is 5.75 Å². The Balaban J connectivity index is 1.96. The minimum Gasteiger partial charge on any atom is -0.494 e. The molecular formula is C12H15NOS. The quantitative estimate of drug-likeness (QED) is 0.715. The van der Waals surface area contributed by atoms with Gasteiger partial charge in [0.05, 0.1) is 22.3 Å². The summed E-state index contributed by atoms with van der Waals surface area (Å²) in [7, 11) is 0. The van der Waals surface area contributed by atoms with Crippen molar-refractivity contribution in [3.8, 4) is 5.75 Å². The molecule has 15 heavy (non-hydrogen) atoms. The van der Waals surface area contributed by atoms with Gasteiger partial charge in [-0.15, -0.1) is 11.3 Å². The van der Waals surface area contributed by atoms with Crippen molar-refractivity contribution in [2.75, 3.05) is 6.61 Å². The molecule has 0 N–H and O–H groups in total. The molecule has 0 saturated heterocycles. The molecule has 0 spiro atoms. The van der Waals surface area contributed by atoms with Gasteiger partial charge < -0.3 is 4.74 Å².